The van der Waals surface area contributed by atoms with Crippen LogP contribution in [0, 0.1) is 4.91 Å². The van der Waals surface area contributed by atoms with Gasteiger partial charge in [0.1, 0.15) is 13.5 Å². The molecule has 3 nitrogen and oxygen atoms in total. The minimum atomic E-state index is 0.226. The van der Waals surface area contributed by atoms with Gasteiger partial charge in [-0.2, -0.15) is 0 Å². The summed E-state index contributed by atoms with van der Waals surface area (Å²) in [5.74, 6) is 0. The first-order valence-corrected chi connectivity index (χ1v) is 3.74. The van der Waals surface area contributed by atoms with Gasteiger partial charge in [0, 0.05) is 5.56 Å². The molecule has 0 N–H and O–H groups in total. The molecule has 0 atom stereocenters. The molecule has 0 aliphatic heterocycles. The standard InChI is InChI=1S/C8H8BNO2/c9-4-6-2-1-3-8(10-12)7(6)5-11/h1-3,5H,4,9H2. The lowest BCUT2D eigenvalue weighted by atomic mass is 9.93. The van der Waals surface area contributed by atoms with E-state index in [2.05, 4.69) is 5.18 Å². The Morgan fingerprint density at radius 2 is 2.25 bits per heavy atom. The molecule has 0 aliphatic carbocycles. The highest BCUT2D eigenvalue weighted by molar-refractivity contribution is 6.09. The topological polar surface area (TPSA) is 46.5 Å². The smallest absolute Gasteiger partial charge is 0.152 e. The van der Waals surface area contributed by atoms with Crippen molar-refractivity contribution in [1.29, 1.82) is 0 Å². The van der Waals surface area contributed by atoms with Gasteiger partial charge in [0.2, 0.25) is 0 Å². The molecule has 0 aromatic heterocycles. The van der Waals surface area contributed by atoms with E-state index in [-0.39, 0.29) is 5.69 Å². The number of aldehydes is 1. The van der Waals surface area contributed by atoms with Crippen molar-refractivity contribution in [3.8, 4) is 0 Å². The molecule has 60 valence electrons. The second-order valence-electron chi connectivity index (χ2n) is 2.41. The summed E-state index contributed by atoms with van der Waals surface area (Å²) in [5, 5.41) is 2.77. The third-order valence-electron chi connectivity index (χ3n) is 1.77. The molecular weight excluding hydrogens is 153 g/mol. The Kier molecular flexibility index (Phi) is 2.74. The zero-order valence-electron chi connectivity index (χ0n) is 6.78. The number of nitroso groups, excluding NO2 is 1. The number of carbonyl (C=O) groups excluding carboxylic acids is 1. The van der Waals surface area contributed by atoms with Gasteiger partial charge >= 0.3 is 0 Å². The lowest BCUT2D eigenvalue weighted by Gasteiger charge is -2.01. The van der Waals surface area contributed by atoms with Crippen molar-refractivity contribution >= 4 is 19.8 Å². The Morgan fingerprint density at radius 1 is 1.50 bits per heavy atom. The number of nitrogens with zero attached hydrogens (tertiary/aromatic N) is 1. The molecule has 0 unspecified atom stereocenters. The number of carbonyl (C=O) groups is 1. The molecular formula is C8H8BNO2. The fourth-order valence-corrected chi connectivity index (χ4v) is 1.12. The average molecular weight is 161 g/mol. The van der Waals surface area contributed by atoms with Crippen LogP contribution in [0.2, 0.25) is 0 Å². The van der Waals surface area contributed by atoms with E-state index in [0.717, 1.165) is 11.9 Å². The summed E-state index contributed by atoms with van der Waals surface area (Å²) < 4.78 is 0. The third-order valence-corrected chi connectivity index (χ3v) is 1.77. The van der Waals surface area contributed by atoms with E-state index >= 15 is 0 Å². The molecule has 0 radical (unpaired) electrons. The zero-order valence-corrected chi connectivity index (χ0v) is 6.78. The summed E-state index contributed by atoms with van der Waals surface area (Å²) in [6, 6.07) is 5.08. The summed E-state index contributed by atoms with van der Waals surface area (Å²) >= 11 is 0. The second-order valence-corrected chi connectivity index (χ2v) is 2.41. The van der Waals surface area contributed by atoms with Gasteiger partial charge in [0.15, 0.2) is 6.29 Å². The predicted molar refractivity (Wildman–Crippen MR) is 49.5 cm³/mol. The summed E-state index contributed by atoms with van der Waals surface area (Å²) in [4.78, 5) is 20.8. The van der Waals surface area contributed by atoms with E-state index in [1.807, 2.05) is 13.9 Å². The van der Waals surface area contributed by atoms with Crippen LogP contribution in [0.25, 0.3) is 0 Å². The van der Waals surface area contributed by atoms with Crippen LogP contribution >= 0.6 is 0 Å². The lowest BCUT2D eigenvalue weighted by Crippen LogP contribution is -1.92. The quantitative estimate of drug-likeness (QED) is 0.377. The molecule has 0 bridgehead atoms. The van der Waals surface area contributed by atoms with E-state index in [1.54, 1.807) is 6.07 Å². The minimum Gasteiger partial charge on any atom is -0.298 e. The minimum absolute atomic E-state index is 0.226. The monoisotopic (exact) mass is 161 g/mol. The van der Waals surface area contributed by atoms with Crippen LogP contribution in [0.3, 0.4) is 0 Å². The van der Waals surface area contributed by atoms with Crippen molar-refractivity contribution in [2.45, 2.75) is 6.32 Å². The van der Waals surface area contributed by atoms with Gasteiger partial charge in [0.05, 0.1) is 0 Å². The molecule has 0 fully saturated rings. The van der Waals surface area contributed by atoms with Crippen LogP contribution in [-0.2, 0) is 6.32 Å². The highest BCUT2D eigenvalue weighted by Crippen LogP contribution is 2.20. The van der Waals surface area contributed by atoms with Gasteiger partial charge in [-0.3, -0.25) is 4.79 Å². The summed E-state index contributed by atoms with van der Waals surface area (Å²) in [5.41, 5.74) is 1.50. The van der Waals surface area contributed by atoms with Crippen LogP contribution in [0.5, 0.6) is 0 Å². The van der Waals surface area contributed by atoms with Crippen LogP contribution in [0.15, 0.2) is 23.4 Å². The molecule has 0 saturated carbocycles. The van der Waals surface area contributed by atoms with Gasteiger partial charge in [-0.25, -0.2) is 0 Å². The van der Waals surface area contributed by atoms with E-state index in [0.29, 0.717) is 11.8 Å². The SMILES string of the molecule is BCc1cccc(N=O)c1C=O. The molecule has 1 rings (SSSR count). The Balaban J connectivity index is 3.31. The highest BCUT2D eigenvalue weighted by Gasteiger charge is 2.05. The van der Waals surface area contributed by atoms with Crippen LogP contribution in [-0.4, -0.2) is 14.1 Å². The van der Waals surface area contributed by atoms with Crippen molar-refractivity contribution in [2.24, 2.45) is 5.18 Å². The van der Waals surface area contributed by atoms with Gasteiger partial charge in [-0.05, 0) is 16.8 Å². The van der Waals surface area contributed by atoms with Crippen LogP contribution in [0.4, 0.5) is 5.69 Å². The third kappa shape index (κ3) is 1.42. The van der Waals surface area contributed by atoms with Crippen molar-refractivity contribution in [3.63, 3.8) is 0 Å². The average Bonchev–Trinajstić information content (AvgIpc) is 2.16. The van der Waals surface area contributed by atoms with Crippen molar-refractivity contribution in [1.82, 2.24) is 0 Å². The molecule has 0 heterocycles. The van der Waals surface area contributed by atoms with E-state index in [1.165, 1.54) is 6.07 Å². The Labute approximate surface area is 71.2 Å². The first kappa shape index (κ1) is 8.65. The van der Waals surface area contributed by atoms with E-state index in [4.69, 9.17) is 0 Å². The van der Waals surface area contributed by atoms with E-state index in [9.17, 15) is 9.70 Å². The van der Waals surface area contributed by atoms with Crippen LogP contribution in [0.1, 0.15) is 15.9 Å². The molecule has 1 aromatic rings. The summed E-state index contributed by atoms with van der Waals surface area (Å²) in [7, 11) is 1.93. The predicted octanol–water partition coefficient (Wildman–Crippen LogP) is 1.03. The number of rotatable bonds is 3. The number of hydrogen-bond acceptors (Lipinski definition) is 3. The Bertz CT molecular complexity index is 312. The molecule has 0 amide bonds. The maximum Gasteiger partial charge on any atom is 0.152 e. The maximum absolute atomic E-state index is 10.6. The normalized spacial score (nSPS) is 9.33. The van der Waals surface area contributed by atoms with E-state index < -0.39 is 0 Å². The summed E-state index contributed by atoms with van der Waals surface area (Å²) in [6.45, 7) is 0. The maximum atomic E-state index is 10.6. The zero-order chi connectivity index (χ0) is 8.97. The lowest BCUT2D eigenvalue weighted by molar-refractivity contribution is 0.112. The molecule has 12 heavy (non-hydrogen) atoms. The Morgan fingerprint density at radius 3 is 2.75 bits per heavy atom. The largest absolute Gasteiger partial charge is 0.298 e. The summed E-state index contributed by atoms with van der Waals surface area (Å²) in [6.07, 6.45) is 1.41. The Hall–Kier alpha value is -1.45. The van der Waals surface area contributed by atoms with Crippen molar-refractivity contribution < 1.29 is 4.79 Å². The van der Waals surface area contributed by atoms with Gasteiger partial charge in [0.25, 0.3) is 0 Å². The first-order valence-electron chi connectivity index (χ1n) is 3.74. The first-order chi connectivity index (χ1) is 5.83. The molecule has 4 heteroatoms. The van der Waals surface area contributed by atoms with Gasteiger partial charge in [-0.15, -0.1) is 4.91 Å². The van der Waals surface area contributed by atoms with Gasteiger partial charge < -0.3 is 0 Å². The molecule has 0 aliphatic rings. The fourth-order valence-electron chi connectivity index (χ4n) is 1.12. The van der Waals surface area contributed by atoms with Gasteiger partial charge in [-0.1, -0.05) is 18.5 Å². The molecule has 1 aromatic carbocycles. The second kappa shape index (κ2) is 3.81. The molecule has 0 spiro atoms. The van der Waals surface area contributed by atoms with Crippen LogP contribution < -0.4 is 0 Å². The highest BCUT2D eigenvalue weighted by atomic mass is 16.3. The van der Waals surface area contributed by atoms with Crippen molar-refractivity contribution in [2.75, 3.05) is 0 Å². The number of hydrogen-bond donors (Lipinski definition) is 0. The van der Waals surface area contributed by atoms with Crippen molar-refractivity contribution in [3.05, 3.63) is 34.2 Å². The number of benzene rings is 1. The fraction of sp³-hybridized carbons (Fsp3) is 0.125. The molecule has 0 saturated heterocycles.